The van der Waals surface area contributed by atoms with Crippen LogP contribution in [0.25, 0.3) is 6.08 Å². The lowest BCUT2D eigenvalue weighted by Crippen LogP contribution is -2.50. The van der Waals surface area contributed by atoms with Gasteiger partial charge in [0.1, 0.15) is 18.3 Å². The molecule has 1 aromatic heterocycles. The molecule has 3 N–H and O–H groups in total. The van der Waals surface area contributed by atoms with E-state index in [1.54, 1.807) is 15.7 Å². The maximum absolute atomic E-state index is 13.1. The standard InChI is InChI=1S/C25H42N4O6/c1-17(2)14-24(33)29-12-11-28(23(32)9-8-20-18(3)26-27(5)19(20)4)10-6-7-13-35-16-22(31)25(34)21(30)15-29/h8-9,17,21-22,25,30-31,34H,6-7,10-16H2,1-5H3/b9-8+/t21-,22+,25+/m0/s1. The van der Waals surface area contributed by atoms with Gasteiger partial charge in [-0.2, -0.15) is 5.10 Å². The highest BCUT2D eigenvalue weighted by atomic mass is 16.5. The van der Waals surface area contributed by atoms with Gasteiger partial charge in [0.05, 0.1) is 12.3 Å². The van der Waals surface area contributed by atoms with Crippen LogP contribution in [0.3, 0.4) is 0 Å². The molecule has 1 aliphatic heterocycles. The third-order valence-electron chi connectivity index (χ3n) is 6.30. The number of hydrogen-bond donors (Lipinski definition) is 3. The van der Waals surface area contributed by atoms with Gasteiger partial charge in [-0.1, -0.05) is 13.8 Å². The summed E-state index contributed by atoms with van der Waals surface area (Å²) in [6.45, 7) is 8.78. The van der Waals surface area contributed by atoms with Crippen molar-refractivity contribution < 1.29 is 29.6 Å². The van der Waals surface area contributed by atoms with E-state index in [1.165, 1.54) is 11.0 Å². The van der Waals surface area contributed by atoms with Crippen LogP contribution in [0.5, 0.6) is 0 Å². The predicted octanol–water partition coefficient (Wildman–Crippen LogP) is 0.647. The number of aromatic nitrogens is 2. The van der Waals surface area contributed by atoms with Crippen LogP contribution in [0.4, 0.5) is 0 Å². The molecule has 0 spiro atoms. The summed E-state index contributed by atoms with van der Waals surface area (Å²) in [6, 6.07) is 0. The molecule has 0 bridgehead atoms. The molecule has 1 aliphatic rings. The van der Waals surface area contributed by atoms with Gasteiger partial charge in [0.15, 0.2) is 0 Å². The molecule has 0 radical (unpaired) electrons. The van der Waals surface area contributed by atoms with Crippen LogP contribution in [0.15, 0.2) is 6.08 Å². The average Bonchev–Trinajstić information content (AvgIpc) is 3.04. The van der Waals surface area contributed by atoms with Gasteiger partial charge in [0.2, 0.25) is 11.8 Å². The van der Waals surface area contributed by atoms with Crippen molar-refractivity contribution in [3.63, 3.8) is 0 Å². The summed E-state index contributed by atoms with van der Waals surface area (Å²) in [6.07, 6.45) is 0.900. The molecule has 10 nitrogen and oxygen atoms in total. The van der Waals surface area contributed by atoms with Gasteiger partial charge in [-0.3, -0.25) is 14.3 Å². The van der Waals surface area contributed by atoms with Gasteiger partial charge < -0.3 is 29.9 Å². The van der Waals surface area contributed by atoms with Crippen LogP contribution < -0.4 is 0 Å². The zero-order valence-electron chi connectivity index (χ0n) is 21.7. The number of amides is 2. The van der Waals surface area contributed by atoms with E-state index in [2.05, 4.69) is 5.10 Å². The number of β-amino-alcohol motifs (C(OH)–C–C–N with tert-alkyl or cyclic N) is 1. The molecule has 2 amide bonds. The van der Waals surface area contributed by atoms with Crippen molar-refractivity contribution in [2.45, 2.75) is 65.3 Å². The summed E-state index contributed by atoms with van der Waals surface area (Å²) >= 11 is 0. The second-order valence-electron chi connectivity index (χ2n) is 9.71. The Bertz CT molecular complexity index is 868. The number of hydrogen-bond acceptors (Lipinski definition) is 7. The largest absolute Gasteiger partial charge is 0.388 e. The summed E-state index contributed by atoms with van der Waals surface area (Å²) in [7, 11) is 1.86. The van der Waals surface area contributed by atoms with E-state index >= 15 is 0 Å². The van der Waals surface area contributed by atoms with Crippen LogP contribution in [-0.2, 0) is 21.4 Å². The lowest BCUT2D eigenvalue weighted by atomic mass is 10.1. The van der Waals surface area contributed by atoms with Crippen molar-refractivity contribution in [3.8, 4) is 0 Å². The third kappa shape index (κ3) is 8.71. The Morgan fingerprint density at radius 3 is 2.40 bits per heavy atom. The molecule has 0 saturated carbocycles. The second kappa shape index (κ2) is 13.7. The van der Waals surface area contributed by atoms with Gasteiger partial charge in [0, 0.05) is 63.6 Å². The number of rotatable bonds is 4. The van der Waals surface area contributed by atoms with Gasteiger partial charge in [-0.15, -0.1) is 0 Å². The first-order chi connectivity index (χ1) is 16.5. The Labute approximate surface area is 208 Å². The quantitative estimate of drug-likeness (QED) is 0.524. The highest BCUT2D eigenvalue weighted by Gasteiger charge is 2.29. The molecule has 1 saturated heterocycles. The predicted molar refractivity (Wildman–Crippen MR) is 132 cm³/mol. The number of carbonyl (C=O) groups excluding carboxylic acids is 2. The van der Waals surface area contributed by atoms with E-state index in [0.29, 0.717) is 26.0 Å². The lowest BCUT2D eigenvalue weighted by molar-refractivity contribution is -0.139. The fourth-order valence-corrected chi connectivity index (χ4v) is 4.06. The molecule has 2 rings (SSSR count). The normalized spacial score (nSPS) is 23.6. The first-order valence-corrected chi connectivity index (χ1v) is 12.4. The molecule has 0 unspecified atom stereocenters. The average molecular weight is 495 g/mol. The summed E-state index contributed by atoms with van der Waals surface area (Å²) in [5.41, 5.74) is 2.71. The van der Waals surface area contributed by atoms with Crippen molar-refractivity contribution in [3.05, 3.63) is 23.0 Å². The molecule has 2 heterocycles. The van der Waals surface area contributed by atoms with E-state index in [1.807, 2.05) is 34.7 Å². The molecule has 0 aliphatic carbocycles. The zero-order chi connectivity index (χ0) is 26.1. The van der Waals surface area contributed by atoms with Crippen molar-refractivity contribution >= 4 is 17.9 Å². The molecular formula is C25H42N4O6. The minimum Gasteiger partial charge on any atom is -0.388 e. The maximum atomic E-state index is 13.1. The first kappa shape index (κ1) is 29.0. The third-order valence-corrected chi connectivity index (χ3v) is 6.30. The fourth-order valence-electron chi connectivity index (χ4n) is 4.06. The van der Waals surface area contributed by atoms with E-state index in [-0.39, 0.29) is 50.4 Å². The van der Waals surface area contributed by atoms with E-state index in [4.69, 9.17) is 4.74 Å². The second-order valence-corrected chi connectivity index (χ2v) is 9.71. The number of carbonyl (C=O) groups is 2. The summed E-state index contributed by atoms with van der Waals surface area (Å²) < 4.78 is 7.21. The van der Waals surface area contributed by atoms with Crippen LogP contribution in [-0.4, -0.2) is 104 Å². The molecule has 1 aromatic rings. The number of aliphatic hydroxyl groups excluding tert-OH is 3. The fraction of sp³-hybridized carbons (Fsp3) is 0.720. The van der Waals surface area contributed by atoms with E-state index < -0.39 is 18.3 Å². The number of ether oxygens (including phenoxy) is 1. The van der Waals surface area contributed by atoms with E-state index in [9.17, 15) is 24.9 Å². The molecule has 0 aromatic carbocycles. The van der Waals surface area contributed by atoms with Gasteiger partial charge >= 0.3 is 0 Å². The maximum Gasteiger partial charge on any atom is 0.246 e. The molecule has 1 fully saturated rings. The summed E-state index contributed by atoms with van der Waals surface area (Å²) in [4.78, 5) is 29.1. The van der Waals surface area contributed by atoms with Crippen molar-refractivity contribution in [2.24, 2.45) is 13.0 Å². The molecular weight excluding hydrogens is 452 g/mol. The highest BCUT2D eigenvalue weighted by molar-refractivity contribution is 5.92. The number of nitrogens with zero attached hydrogens (tertiary/aromatic N) is 4. The number of aliphatic hydroxyl groups is 3. The molecule has 3 atom stereocenters. The topological polar surface area (TPSA) is 128 Å². The number of aryl methyl sites for hydroxylation is 2. The minimum atomic E-state index is -1.45. The van der Waals surface area contributed by atoms with Crippen molar-refractivity contribution in [1.82, 2.24) is 19.6 Å². The molecule has 35 heavy (non-hydrogen) atoms. The van der Waals surface area contributed by atoms with E-state index in [0.717, 1.165) is 17.0 Å². The van der Waals surface area contributed by atoms with Gasteiger partial charge in [0.25, 0.3) is 0 Å². The molecule has 10 heteroatoms. The minimum absolute atomic E-state index is 0.114. The Hall–Kier alpha value is -2.27. The smallest absolute Gasteiger partial charge is 0.246 e. The zero-order valence-corrected chi connectivity index (χ0v) is 21.7. The van der Waals surface area contributed by atoms with Crippen LogP contribution >= 0.6 is 0 Å². The Morgan fingerprint density at radius 2 is 1.77 bits per heavy atom. The summed E-state index contributed by atoms with van der Waals surface area (Å²) in [5.74, 6) is -0.232. The van der Waals surface area contributed by atoms with Crippen LogP contribution in [0.1, 0.15) is 50.1 Å². The van der Waals surface area contributed by atoms with Crippen molar-refractivity contribution in [2.75, 3.05) is 39.4 Å². The van der Waals surface area contributed by atoms with Crippen LogP contribution in [0.2, 0.25) is 0 Å². The Balaban J connectivity index is 2.20. The van der Waals surface area contributed by atoms with Gasteiger partial charge in [-0.05, 0) is 38.7 Å². The SMILES string of the molecule is Cc1nn(C)c(C)c1/C=C/C(=O)N1CCCCOC[C@@H](O)[C@H](O)[C@@H](O)CN(C(=O)CC(C)C)CC1. The summed E-state index contributed by atoms with van der Waals surface area (Å²) in [5, 5.41) is 35.3. The Kier molecular flexibility index (Phi) is 11.4. The first-order valence-electron chi connectivity index (χ1n) is 12.4. The van der Waals surface area contributed by atoms with Crippen LogP contribution in [0, 0.1) is 19.8 Å². The van der Waals surface area contributed by atoms with Gasteiger partial charge in [-0.25, -0.2) is 0 Å². The van der Waals surface area contributed by atoms with Crippen molar-refractivity contribution in [1.29, 1.82) is 0 Å². The lowest BCUT2D eigenvalue weighted by Gasteiger charge is -2.32. The Morgan fingerprint density at radius 1 is 1.09 bits per heavy atom. The molecule has 198 valence electrons. The monoisotopic (exact) mass is 494 g/mol. The highest BCUT2D eigenvalue weighted by Crippen LogP contribution is 2.15.